The molecule has 0 saturated carbocycles. The molecule has 206 valence electrons. The zero-order valence-electron chi connectivity index (χ0n) is 24.4. The third-order valence-electron chi connectivity index (χ3n) is 8.06. The fraction of sp³-hybridized carbons (Fsp3) is 0.353. The summed E-state index contributed by atoms with van der Waals surface area (Å²) in [5.74, 6) is 1.47. The summed E-state index contributed by atoms with van der Waals surface area (Å²) in [6.45, 7) is 18.5. The smallest absolute Gasteiger partial charge is 1.00 e. The van der Waals surface area contributed by atoms with E-state index in [1.54, 1.807) is 0 Å². The zero-order valence-corrected chi connectivity index (χ0v) is 29.3. The van der Waals surface area contributed by atoms with Crippen LogP contribution in [0.2, 0.25) is 3.34 Å². The van der Waals surface area contributed by atoms with E-state index >= 15 is 0 Å². The van der Waals surface area contributed by atoms with E-state index in [4.69, 9.17) is 0 Å². The van der Waals surface area contributed by atoms with E-state index in [1.165, 1.54) is 43.4 Å². The van der Waals surface area contributed by atoms with Gasteiger partial charge >= 0.3 is 233 Å². The molecule has 39 heavy (non-hydrogen) atoms. The van der Waals surface area contributed by atoms with Crippen molar-refractivity contribution >= 4 is 23.6 Å². The van der Waals surface area contributed by atoms with Gasteiger partial charge in [-0.1, -0.05) is 0 Å². The maximum Gasteiger partial charge on any atom is -1.00 e. The van der Waals surface area contributed by atoms with Crippen molar-refractivity contribution in [3.8, 4) is 0 Å². The van der Waals surface area contributed by atoms with Crippen LogP contribution in [0.15, 0.2) is 96.1 Å². The van der Waals surface area contributed by atoms with Crippen LogP contribution in [-0.4, -0.2) is 8.07 Å². The summed E-state index contributed by atoms with van der Waals surface area (Å²) in [6, 6.07) is 28.8. The molecule has 0 radical (unpaired) electrons. The molecule has 1 aliphatic carbocycles. The van der Waals surface area contributed by atoms with Crippen LogP contribution in [0, 0.1) is 0 Å². The minimum atomic E-state index is -2.60. The third-order valence-corrected chi connectivity index (χ3v) is 15.9. The van der Waals surface area contributed by atoms with Crippen molar-refractivity contribution in [2.45, 2.75) is 76.5 Å². The minimum Gasteiger partial charge on any atom is -1.00 e. The third kappa shape index (κ3) is 6.56. The maximum atomic E-state index is 2.58. The number of allylic oxidation sites excluding steroid dienone is 4. The Balaban J connectivity index is 0.00000253. The fourth-order valence-electron chi connectivity index (χ4n) is 5.93. The first kappa shape index (κ1) is 36.0. The second-order valence-electron chi connectivity index (χ2n) is 11.6. The van der Waals surface area contributed by atoms with Gasteiger partial charge in [-0.2, -0.15) is 0 Å². The van der Waals surface area contributed by atoms with Gasteiger partial charge in [-0.3, -0.25) is 0 Å². The van der Waals surface area contributed by atoms with Crippen molar-refractivity contribution < 1.29 is 57.7 Å². The Kier molecular flexibility index (Phi) is 13.1. The summed E-state index contributed by atoms with van der Waals surface area (Å²) in [5, 5.41) is 4.53. The van der Waals surface area contributed by atoms with Gasteiger partial charge in [0.05, 0.1) is 0 Å². The molecule has 0 saturated heterocycles. The molecule has 3 aromatic rings. The van der Waals surface area contributed by atoms with Gasteiger partial charge < -0.3 is 37.2 Å². The van der Waals surface area contributed by atoms with Gasteiger partial charge in [-0.25, -0.2) is 0 Å². The van der Waals surface area contributed by atoms with E-state index < -0.39 is 8.07 Å². The van der Waals surface area contributed by atoms with E-state index in [0.717, 1.165) is 0 Å². The minimum absolute atomic E-state index is 0. The van der Waals surface area contributed by atoms with Gasteiger partial charge in [0.1, 0.15) is 0 Å². The molecule has 4 rings (SSSR count). The Bertz CT molecular complexity index is 1200. The van der Waals surface area contributed by atoms with Crippen molar-refractivity contribution in [1.82, 2.24) is 0 Å². The first-order valence-corrected chi connectivity index (χ1v) is 16.2. The van der Waals surface area contributed by atoms with Crippen molar-refractivity contribution in [2.24, 2.45) is 0 Å². The van der Waals surface area contributed by atoms with Crippen LogP contribution in [0.3, 0.4) is 0 Å². The molecule has 0 nitrogen and oxygen atoms in total. The summed E-state index contributed by atoms with van der Waals surface area (Å²) in [6.07, 6.45) is 5.01. The Hall–Kier alpha value is -1.06. The molecule has 0 bridgehead atoms. The van der Waals surface area contributed by atoms with E-state index in [1.807, 2.05) is 0 Å². The van der Waals surface area contributed by atoms with Gasteiger partial charge in [0.15, 0.2) is 0 Å². The van der Waals surface area contributed by atoms with Crippen molar-refractivity contribution in [1.29, 1.82) is 0 Å². The van der Waals surface area contributed by atoms with Crippen LogP contribution in [0.25, 0.3) is 0 Å². The van der Waals surface area contributed by atoms with E-state index in [9.17, 15) is 0 Å². The molecule has 3 aromatic carbocycles. The summed E-state index contributed by atoms with van der Waals surface area (Å²) in [5.41, 5.74) is 7.13. The average molecular weight is 632 g/mol. The van der Waals surface area contributed by atoms with Crippen LogP contribution < -0.4 is 52.8 Å². The largest absolute Gasteiger partial charge is 1.00 e. The van der Waals surface area contributed by atoms with E-state index in [2.05, 4.69) is 161 Å². The quantitative estimate of drug-likeness (QED) is 0.225. The molecule has 0 heterocycles. The predicted octanol–water partition coefficient (Wildman–Crippen LogP) is -1.31. The van der Waals surface area contributed by atoms with Gasteiger partial charge in [0.25, 0.3) is 0 Å². The molecule has 0 spiro atoms. The molecule has 1 aliphatic rings. The Labute approximate surface area is 268 Å². The van der Waals surface area contributed by atoms with Crippen LogP contribution in [0.5, 0.6) is 0 Å². The molecule has 1 unspecified atom stereocenters. The average Bonchev–Trinajstić information content (AvgIpc) is 3.11. The number of rotatable bonds is 7. The Morgan fingerprint density at radius 1 is 0.590 bits per heavy atom. The van der Waals surface area contributed by atoms with Crippen LogP contribution >= 0.6 is 0 Å². The number of hydrogen-bond donors (Lipinski definition) is 0. The van der Waals surface area contributed by atoms with Crippen LogP contribution in [0.4, 0.5) is 0 Å². The second kappa shape index (κ2) is 14.2. The molecule has 0 aliphatic heterocycles. The van der Waals surface area contributed by atoms with E-state index in [-0.39, 0.29) is 40.6 Å². The first-order valence-electron chi connectivity index (χ1n) is 13.4. The second-order valence-corrected chi connectivity index (χ2v) is 17.6. The molecular weight excluding hydrogens is 591 g/mol. The summed E-state index contributed by atoms with van der Waals surface area (Å²) in [4.78, 5) is 0. The topological polar surface area (TPSA) is 0 Å². The molecular formula is C34H41Cl3SiTi. The van der Waals surface area contributed by atoms with Crippen LogP contribution in [0.1, 0.15) is 89.8 Å². The summed E-state index contributed by atoms with van der Waals surface area (Å²) in [7, 11) is -2.60. The normalized spacial score (nSPS) is 16.8. The Morgan fingerprint density at radius 3 is 1.18 bits per heavy atom. The molecule has 5 heteroatoms. The predicted molar refractivity (Wildman–Crippen MR) is 156 cm³/mol. The first-order chi connectivity index (χ1) is 17.0. The van der Waals surface area contributed by atoms with Gasteiger partial charge in [-0.05, 0) is 0 Å². The number of benzene rings is 3. The molecule has 0 fully saturated rings. The zero-order chi connectivity index (χ0) is 26.3. The standard InChI is InChI=1S/C34H41Si.3ClH.Ti/c1-23(2)28-12-9-15-31(20-28)35(34-19-26(7)18-27(34)8,32-16-10-13-29(21-32)24(3)4)33-17-11-14-30(22-33)25(5)6;;;;/h9-25H,1-8H3;3*1H;/q;;;;+3/p-3. The SMILES string of the molecule is CC1=C[C]([Ti+3])([Si](c2cccc(C(C)C)c2)(c2cccc(C(C)C)c2)c2cccc(C(C)C)c2)C(C)=C1.[Cl-].[Cl-].[Cl-]. The number of halogens is 3. The molecule has 1 atom stereocenters. The molecule has 0 amide bonds. The summed E-state index contributed by atoms with van der Waals surface area (Å²) < 4.78 is -0.0715. The van der Waals surface area contributed by atoms with Gasteiger partial charge in [-0.15, -0.1) is 0 Å². The number of hydrogen-bond acceptors (Lipinski definition) is 0. The maximum absolute atomic E-state index is 2.60. The molecule has 0 N–H and O–H groups in total. The van der Waals surface area contributed by atoms with Gasteiger partial charge in [0, 0.05) is 0 Å². The van der Waals surface area contributed by atoms with Crippen LogP contribution in [-0.2, 0) is 20.4 Å². The van der Waals surface area contributed by atoms with E-state index in [0.29, 0.717) is 17.8 Å². The summed E-state index contributed by atoms with van der Waals surface area (Å²) >= 11 is 2.52. The van der Waals surface area contributed by atoms with Crippen molar-refractivity contribution in [2.75, 3.05) is 0 Å². The van der Waals surface area contributed by atoms with Crippen molar-refractivity contribution in [3.63, 3.8) is 0 Å². The van der Waals surface area contributed by atoms with Crippen molar-refractivity contribution in [3.05, 3.63) is 113 Å². The Morgan fingerprint density at radius 2 is 0.923 bits per heavy atom. The van der Waals surface area contributed by atoms with Gasteiger partial charge in [0.2, 0.25) is 0 Å². The fourth-order valence-corrected chi connectivity index (χ4v) is 14.1. The monoisotopic (exact) mass is 630 g/mol. The molecule has 0 aromatic heterocycles.